The molecule has 3 atom stereocenters. The van der Waals surface area contributed by atoms with Crippen LogP contribution in [0.25, 0.3) is 0 Å². The van der Waals surface area contributed by atoms with Crippen LogP contribution in [0.5, 0.6) is 0 Å². The first-order valence-corrected chi connectivity index (χ1v) is 12.1. The van der Waals surface area contributed by atoms with E-state index in [1.54, 1.807) is 6.07 Å². The number of rotatable bonds is 4. The van der Waals surface area contributed by atoms with E-state index >= 15 is 0 Å². The second-order valence-electron chi connectivity index (χ2n) is 8.06. The van der Waals surface area contributed by atoms with Crippen LogP contribution in [0.15, 0.2) is 35.2 Å². The van der Waals surface area contributed by atoms with Crippen molar-refractivity contribution in [3.05, 3.63) is 63.7 Å². The first kappa shape index (κ1) is 22.9. The van der Waals surface area contributed by atoms with Gasteiger partial charge in [-0.1, -0.05) is 17.7 Å². The number of amides is 1. The summed E-state index contributed by atoms with van der Waals surface area (Å²) >= 11 is 6.37. The zero-order valence-electron chi connectivity index (χ0n) is 17.0. The van der Waals surface area contributed by atoms with Crippen LogP contribution in [0.1, 0.15) is 29.2 Å². The van der Waals surface area contributed by atoms with E-state index < -0.39 is 39.7 Å². The highest BCUT2D eigenvalue weighted by atomic mass is 35.5. The Bertz CT molecular complexity index is 1180. The van der Waals surface area contributed by atoms with Gasteiger partial charge in [-0.05, 0) is 41.8 Å². The zero-order valence-corrected chi connectivity index (χ0v) is 18.6. The number of sulfone groups is 1. The molecule has 0 unspecified atom stereocenters. The highest BCUT2D eigenvalue weighted by Crippen LogP contribution is 2.38. The second-order valence-corrected chi connectivity index (χ2v) is 10.4. The Balaban J connectivity index is 1.57. The monoisotopic (exact) mass is 486 g/mol. The van der Waals surface area contributed by atoms with Gasteiger partial charge in [0.25, 0.3) is 0 Å². The predicted octanol–water partition coefficient (Wildman–Crippen LogP) is 3.50. The summed E-state index contributed by atoms with van der Waals surface area (Å²) in [7, 11) is -3.48. The van der Waals surface area contributed by atoms with Crippen molar-refractivity contribution in [2.45, 2.75) is 42.6 Å². The van der Waals surface area contributed by atoms with Crippen LogP contribution in [-0.2, 0) is 27.7 Å². The molecule has 0 aromatic heterocycles. The molecule has 2 N–H and O–H groups in total. The number of nitrogens with zero attached hydrogens (tertiary/aromatic N) is 1. The smallest absolute Gasteiger partial charge is 0.404 e. The van der Waals surface area contributed by atoms with Gasteiger partial charge >= 0.3 is 6.09 Å². The highest BCUT2D eigenvalue weighted by Gasteiger charge is 2.39. The van der Waals surface area contributed by atoms with Crippen molar-refractivity contribution in [2.75, 3.05) is 12.9 Å². The van der Waals surface area contributed by atoms with Crippen LogP contribution >= 0.6 is 11.6 Å². The van der Waals surface area contributed by atoms with E-state index in [-0.39, 0.29) is 34.6 Å². The first-order chi connectivity index (χ1) is 15.0. The average molecular weight is 487 g/mol. The molecule has 0 aliphatic carbocycles. The van der Waals surface area contributed by atoms with E-state index in [0.29, 0.717) is 18.7 Å². The van der Waals surface area contributed by atoms with E-state index in [1.165, 1.54) is 6.07 Å². The molecule has 2 aliphatic rings. The number of ether oxygens (including phenoxy) is 1. The standard InChI is InChI=1S/C21H21ClF2N2O5S/c1-32(29,30)18-5-2-11-8-26(9-15(11)19(18)22)13-7-17(25-21(27)28)20(31-10-13)14-6-12(23)3-4-16(14)24/h2-6,13,17,20,25H,7-10H2,1H3,(H,27,28)/t13-,17+,20-/m1/s1. The number of carboxylic acid groups (broad SMARTS) is 1. The molecule has 1 fully saturated rings. The third kappa shape index (κ3) is 4.45. The van der Waals surface area contributed by atoms with Gasteiger partial charge in [-0.15, -0.1) is 0 Å². The number of fused-ring (bicyclic) bond motifs is 1. The number of carbonyl (C=O) groups is 1. The number of halogens is 3. The molecular formula is C21H21ClF2N2O5S. The lowest BCUT2D eigenvalue weighted by Gasteiger charge is -2.40. The fourth-order valence-electron chi connectivity index (χ4n) is 4.38. The van der Waals surface area contributed by atoms with E-state index in [9.17, 15) is 27.1 Å². The summed E-state index contributed by atoms with van der Waals surface area (Å²) in [6.45, 7) is 0.999. The van der Waals surface area contributed by atoms with Crippen LogP contribution in [0.3, 0.4) is 0 Å². The van der Waals surface area contributed by atoms with Gasteiger partial charge in [0.2, 0.25) is 0 Å². The summed E-state index contributed by atoms with van der Waals surface area (Å²) in [5.41, 5.74) is 1.53. The Hall–Kier alpha value is -2.27. The van der Waals surface area contributed by atoms with Crippen LogP contribution in [0.2, 0.25) is 5.02 Å². The summed E-state index contributed by atoms with van der Waals surface area (Å²) in [5.74, 6) is -1.33. The summed E-state index contributed by atoms with van der Waals surface area (Å²) in [4.78, 5) is 13.4. The van der Waals surface area contributed by atoms with E-state index in [1.807, 2.05) is 4.90 Å². The molecule has 2 aromatic rings. The van der Waals surface area contributed by atoms with Crippen molar-refractivity contribution in [2.24, 2.45) is 0 Å². The van der Waals surface area contributed by atoms with Gasteiger partial charge in [0.05, 0.1) is 22.6 Å². The lowest BCUT2D eigenvalue weighted by Crippen LogP contribution is -2.51. The predicted molar refractivity (Wildman–Crippen MR) is 112 cm³/mol. The van der Waals surface area contributed by atoms with Crippen LogP contribution in [0, 0.1) is 11.6 Å². The lowest BCUT2D eigenvalue weighted by atomic mass is 9.92. The lowest BCUT2D eigenvalue weighted by molar-refractivity contribution is -0.0599. The molecule has 172 valence electrons. The third-order valence-electron chi connectivity index (χ3n) is 5.89. The molecule has 4 rings (SSSR count). The largest absolute Gasteiger partial charge is 0.465 e. The Morgan fingerprint density at radius 3 is 2.69 bits per heavy atom. The van der Waals surface area contributed by atoms with Gasteiger partial charge in [-0.3, -0.25) is 4.90 Å². The van der Waals surface area contributed by atoms with E-state index in [0.717, 1.165) is 30.0 Å². The van der Waals surface area contributed by atoms with Crippen molar-refractivity contribution in [3.63, 3.8) is 0 Å². The van der Waals surface area contributed by atoms with Crippen LogP contribution in [0.4, 0.5) is 13.6 Å². The molecule has 7 nitrogen and oxygen atoms in total. The highest BCUT2D eigenvalue weighted by molar-refractivity contribution is 7.90. The minimum atomic E-state index is -3.48. The number of hydrogen-bond acceptors (Lipinski definition) is 5. The molecule has 1 amide bonds. The van der Waals surface area contributed by atoms with Gasteiger partial charge < -0.3 is 15.2 Å². The molecule has 0 radical (unpaired) electrons. The van der Waals surface area contributed by atoms with Gasteiger partial charge in [0.15, 0.2) is 9.84 Å². The summed E-state index contributed by atoms with van der Waals surface area (Å²) in [5, 5.41) is 11.8. The Kier molecular flexibility index (Phi) is 6.15. The SMILES string of the molecule is CS(=O)(=O)c1ccc2c(c1Cl)CN([C@H]1CO[C@H](c3cc(F)ccc3F)[C@@H](NC(=O)O)C1)C2. The fraction of sp³-hybridized carbons (Fsp3) is 0.381. The quantitative estimate of drug-likeness (QED) is 0.686. The Morgan fingerprint density at radius 2 is 2.00 bits per heavy atom. The molecule has 2 heterocycles. The van der Waals surface area contributed by atoms with E-state index in [2.05, 4.69) is 5.32 Å². The molecule has 2 aliphatic heterocycles. The van der Waals surface area contributed by atoms with Crippen molar-refractivity contribution in [1.82, 2.24) is 10.2 Å². The Morgan fingerprint density at radius 1 is 1.25 bits per heavy atom. The maximum Gasteiger partial charge on any atom is 0.404 e. The molecule has 2 aromatic carbocycles. The Labute approximate surface area is 188 Å². The van der Waals surface area contributed by atoms with Gasteiger partial charge in [0.1, 0.15) is 17.7 Å². The molecule has 0 bridgehead atoms. The topological polar surface area (TPSA) is 95.9 Å². The van der Waals surface area contributed by atoms with Gasteiger partial charge in [-0.25, -0.2) is 22.0 Å². The molecule has 1 saturated heterocycles. The maximum atomic E-state index is 14.3. The van der Waals surface area contributed by atoms with Crippen molar-refractivity contribution >= 4 is 27.5 Å². The third-order valence-corrected chi connectivity index (χ3v) is 7.57. The normalized spacial score (nSPS) is 23.7. The summed E-state index contributed by atoms with van der Waals surface area (Å²) in [6, 6.07) is 5.12. The van der Waals surface area contributed by atoms with Crippen LogP contribution in [-0.4, -0.2) is 49.5 Å². The number of nitrogens with one attached hydrogen (secondary N) is 1. The molecular weight excluding hydrogens is 466 g/mol. The average Bonchev–Trinajstić information content (AvgIpc) is 3.14. The van der Waals surface area contributed by atoms with Crippen LogP contribution < -0.4 is 5.32 Å². The minimum absolute atomic E-state index is 0.0484. The summed E-state index contributed by atoms with van der Waals surface area (Å²) in [6.07, 6.45) is -0.900. The van der Waals surface area contributed by atoms with Crippen molar-refractivity contribution in [1.29, 1.82) is 0 Å². The number of benzene rings is 2. The maximum absolute atomic E-state index is 14.3. The second kappa shape index (κ2) is 8.58. The van der Waals surface area contributed by atoms with Gasteiger partial charge in [0, 0.05) is 31.0 Å². The first-order valence-electron chi connectivity index (χ1n) is 9.85. The molecule has 0 spiro atoms. The zero-order chi connectivity index (χ0) is 23.2. The fourth-order valence-corrected chi connectivity index (χ4v) is 5.81. The number of hydrogen-bond donors (Lipinski definition) is 2. The van der Waals surface area contributed by atoms with Crippen molar-refractivity contribution in [3.8, 4) is 0 Å². The van der Waals surface area contributed by atoms with E-state index in [4.69, 9.17) is 16.3 Å². The van der Waals surface area contributed by atoms with Crippen molar-refractivity contribution < 1.29 is 31.8 Å². The minimum Gasteiger partial charge on any atom is -0.465 e. The van der Waals surface area contributed by atoms with Gasteiger partial charge in [-0.2, -0.15) is 0 Å². The summed E-state index contributed by atoms with van der Waals surface area (Å²) < 4.78 is 57.8. The molecule has 32 heavy (non-hydrogen) atoms. The molecule has 0 saturated carbocycles. The molecule has 11 heteroatoms.